The summed E-state index contributed by atoms with van der Waals surface area (Å²) in [5.74, 6) is 0.304. The zero-order valence-electron chi connectivity index (χ0n) is 34.1. The number of hydrogen-bond acceptors (Lipinski definition) is 3. The molecule has 0 saturated carbocycles. The Morgan fingerprint density at radius 3 is 1.56 bits per heavy atom. The van der Waals surface area contributed by atoms with Gasteiger partial charge in [-0.1, -0.05) is 115 Å². The number of benzene rings is 8. The average molecular weight is 817 g/mol. The van der Waals surface area contributed by atoms with Crippen LogP contribution in [-0.4, -0.2) is 14.5 Å². The molecule has 10 rings (SSSR count). The van der Waals surface area contributed by atoms with Gasteiger partial charge in [-0.3, -0.25) is 0 Å². The summed E-state index contributed by atoms with van der Waals surface area (Å²) in [6, 6.07) is 63.4. The molecule has 0 aliphatic carbocycles. The molecule has 0 aliphatic rings. The predicted molar refractivity (Wildman–Crippen MR) is 258 cm³/mol. The lowest BCUT2D eigenvalue weighted by molar-refractivity contribution is 1.18. The Labute approximate surface area is 370 Å². The summed E-state index contributed by atoms with van der Waals surface area (Å²) in [6.07, 6.45) is 0. The first-order valence-electron chi connectivity index (χ1n) is 20.4. The van der Waals surface area contributed by atoms with E-state index in [0.717, 1.165) is 50.1 Å². The molecule has 8 nitrogen and oxygen atoms in total. The van der Waals surface area contributed by atoms with E-state index in [1.54, 1.807) is 48.5 Å². The SMILES string of the molecule is [C-]#[N+]c1ccccc1-c1cc(-c2cc([N+]#[C-])c(-c3ccc(-n4c5ccccc5c5cc(N(c6ccccc6)c6ccccc6)ccc54)cc3)c([N+]#[C-])c2)nc(-c2ccccc2[N+]#[C-])n1. The van der Waals surface area contributed by atoms with Crippen LogP contribution in [0, 0.1) is 26.3 Å². The number of anilines is 3. The van der Waals surface area contributed by atoms with Crippen LogP contribution in [0.3, 0.4) is 0 Å². The zero-order chi connectivity index (χ0) is 43.6. The lowest BCUT2D eigenvalue weighted by Crippen LogP contribution is -2.09. The van der Waals surface area contributed by atoms with Crippen LogP contribution in [0.15, 0.2) is 194 Å². The maximum absolute atomic E-state index is 8.33. The van der Waals surface area contributed by atoms with Crippen molar-refractivity contribution in [2.45, 2.75) is 0 Å². The minimum absolute atomic E-state index is 0.298. The van der Waals surface area contributed by atoms with Crippen LogP contribution in [-0.2, 0) is 0 Å². The molecule has 0 atom stereocenters. The summed E-state index contributed by atoms with van der Waals surface area (Å²) in [7, 11) is 0. The molecule has 8 heteroatoms. The first kappa shape index (κ1) is 38.6. The molecule has 296 valence electrons. The highest BCUT2D eigenvalue weighted by Gasteiger charge is 2.21. The van der Waals surface area contributed by atoms with E-state index in [4.69, 9.17) is 36.3 Å². The number of para-hydroxylation sites is 5. The van der Waals surface area contributed by atoms with E-state index in [2.05, 4.69) is 120 Å². The molecular formula is C56H32N8. The highest BCUT2D eigenvalue weighted by Crippen LogP contribution is 2.45. The van der Waals surface area contributed by atoms with Crippen molar-refractivity contribution in [3.05, 3.63) is 240 Å². The van der Waals surface area contributed by atoms with Crippen molar-refractivity contribution in [2.75, 3.05) is 4.90 Å². The summed E-state index contributed by atoms with van der Waals surface area (Å²) < 4.78 is 2.25. The summed E-state index contributed by atoms with van der Waals surface area (Å²) in [6.45, 7) is 32.3. The molecule has 0 amide bonds. The van der Waals surface area contributed by atoms with Gasteiger partial charge in [0.25, 0.3) is 0 Å². The van der Waals surface area contributed by atoms with Crippen molar-refractivity contribution in [3.8, 4) is 50.7 Å². The van der Waals surface area contributed by atoms with Crippen LogP contribution in [0.1, 0.15) is 0 Å². The second-order valence-corrected chi connectivity index (χ2v) is 14.9. The number of fused-ring (bicyclic) bond motifs is 3. The first-order valence-corrected chi connectivity index (χ1v) is 20.4. The maximum Gasteiger partial charge on any atom is 0.198 e. The highest BCUT2D eigenvalue weighted by molar-refractivity contribution is 6.11. The summed E-state index contributed by atoms with van der Waals surface area (Å²) in [5.41, 5.74) is 11.5. The van der Waals surface area contributed by atoms with Crippen molar-refractivity contribution in [3.63, 3.8) is 0 Å². The van der Waals surface area contributed by atoms with Crippen LogP contribution in [0.4, 0.5) is 39.8 Å². The molecule has 0 radical (unpaired) electrons. The van der Waals surface area contributed by atoms with E-state index in [1.165, 1.54) is 0 Å². The standard InChI is InChI=1S/C56H32N8/c1-57-47-24-14-11-22-44(47)50-36-49(61-56(62-50)45-23-12-15-25-48(45)58-2)38-33-51(59-3)55(52(34-38)60-4)37-27-29-41(30-28-37)64-53-26-16-13-21-43(53)46-35-42(31-32-54(46)64)63(39-17-7-5-8-18-39)40-19-9-6-10-20-40/h5-36H. The van der Waals surface area contributed by atoms with Crippen LogP contribution in [0.2, 0.25) is 0 Å². The lowest BCUT2D eigenvalue weighted by Gasteiger charge is -2.25. The molecule has 0 saturated heterocycles. The second-order valence-electron chi connectivity index (χ2n) is 14.9. The second kappa shape index (κ2) is 16.5. The third-order valence-electron chi connectivity index (χ3n) is 11.3. The van der Waals surface area contributed by atoms with Gasteiger partial charge in [0.15, 0.2) is 22.7 Å². The van der Waals surface area contributed by atoms with Gasteiger partial charge in [0.1, 0.15) is 5.82 Å². The van der Waals surface area contributed by atoms with Crippen molar-refractivity contribution < 1.29 is 0 Å². The Bertz CT molecular complexity index is 3450. The molecule has 0 bridgehead atoms. The van der Waals surface area contributed by atoms with Crippen LogP contribution in [0.5, 0.6) is 0 Å². The number of rotatable bonds is 8. The fourth-order valence-electron chi connectivity index (χ4n) is 8.39. The van der Waals surface area contributed by atoms with E-state index >= 15 is 0 Å². The Morgan fingerprint density at radius 1 is 0.391 bits per heavy atom. The zero-order valence-corrected chi connectivity index (χ0v) is 34.1. The van der Waals surface area contributed by atoms with E-state index in [1.807, 2.05) is 54.6 Å². The van der Waals surface area contributed by atoms with Gasteiger partial charge >= 0.3 is 0 Å². The molecule has 0 N–H and O–H groups in total. The fraction of sp³-hybridized carbons (Fsp3) is 0. The molecule has 10 aromatic rings. The Kier molecular flexibility index (Phi) is 9.92. The highest BCUT2D eigenvalue weighted by atomic mass is 15.1. The number of nitrogens with zero attached hydrogens (tertiary/aromatic N) is 8. The Hall–Kier alpha value is -9.60. The quantitative estimate of drug-likeness (QED) is 0.144. The molecule has 0 aliphatic heterocycles. The molecule has 2 aromatic heterocycles. The van der Waals surface area contributed by atoms with Gasteiger partial charge in [-0.25, -0.2) is 29.3 Å². The summed E-state index contributed by atoms with van der Waals surface area (Å²) in [5, 5.41) is 2.23. The van der Waals surface area contributed by atoms with Gasteiger partial charge < -0.3 is 9.47 Å². The molecule has 0 fully saturated rings. The van der Waals surface area contributed by atoms with E-state index in [9.17, 15) is 0 Å². The van der Waals surface area contributed by atoms with Gasteiger partial charge in [0.05, 0.1) is 48.7 Å². The fourth-order valence-corrected chi connectivity index (χ4v) is 8.39. The first-order chi connectivity index (χ1) is 31.6. The van der Waals surface area contributed by atoms with Crippen molar-refractivity contribution in [1.82, 2.24) is 14.5 Å². The van der Waals surface area contributed by atoms with E-state index < -0.39 is 0 Å². The summed E-state index contributed by atoms with van der Waals surface area (Å²) >= 11 is 0. The van der Waals surface area contributed by atoms with Crippen LogP contribution >= 0.6 is 0 Å². The lowest BCUT2D eigenvalue weighted by atomic mass is 9.97. The number of aromatic nitrogens is 3. The average Bonchev–Trinajstić information content (AvgIpc) is 3.70. The van der Waals surface area contributed by atoms with Crippen molar-refractivity contribution in [2.24, 2.45) is 0 Å². The van der Waals surface area contributed by atoms with Gasteiger partial charge in [-0.2, -0.15) is 0 Å². The topological polar surface area (TPSA) is 51.4 Å². The van der Waals surface area contributed by atoms with Gasteiger partial charge in [-0.15, -0.1) is 0 Å². The molecule has 0 unspecified atom stereocenters. The molecule has 64 heavy (non-hydrogen) atoms. The minimum atomic E-state index is 0.298. The summed E-state index contributed by atoms with van der Waals surface area (Å²) in [4.78, 5) is 27.4. The molecule has 2 heterocycles. The van der Waals surface area contributed by atoms with Crippen molar-refractivity contribution >= 4 is 61.6 Å². The van der Waals surface area contributed by atoms with E-state index in [-0.39, 0.29) is 0 Å². The number of hydrogen-bond donors (Lipinski definition) is 0. The smallest absolute Gasteiger partial charge is 0.198 e. The van der Waals surface area contributed by atoms with Gasteiger partial charge in [0, 0.05) is 44.6 Å². The van der Waals surface area contributed by atoms with Crippen LogP contribution < -0.4 is 4.90 Å². The minimum Gasteiger partial charge on any atom is -0.310 e. The van der Waals surface area contributed by atoms with Gasteiger partial charge in [0.2, 0.25) is 0 Å². The van der Waals surface area contributed by atoms with E-state index in [0.29, 0.717) is 62.2 Å². The molecule has 0 spiro atoms. The third-order valence-corrected chi connectivity index (χ3v) is 11.3. The predicted octanol–water partition coefficient (Wildman–Crippen LogP) is 15.9. The Morgan fingerprint density at radius 2 is 0.922 bits per heavy atom. The molecule has 8 aromatic carbocycles. The largest absolute Gasteiger partial charge is 0.310 e. The normalized spacial score (nSPS) is 10.8. The van der Waals surface area contributed by atoms with Crippen LogP contribution in [0.25, 0.3) is 91.9 Å². The third kappa shape index (κ3) is 6.83. The maximum atomic E-state index is 8.33. The van der Waals surface area contributed by atoms with Crippen molar-refractivity contribution in [1.29, 1.82) is 0 Å². The molecular weight excluding hydrogens is 785 g/mol. The monoisotopic (exact) mass is 816 g/mol. The van der Waals surface area contributed by atoms with Gasteiger partial charge in [-0.05, 0) is 95.6 Å². The Balaban J connectivity index is 1.07.